The summed E-state index contributed by atoms with van der Waals surface area (Å²) in [6.07, 6.45) is 6.69. The summed E-state index contributed by atoms with van der Waals surface area (Å²) in [4.78, 5) is 15.2. The molecule has 5 aliphatic carbocycles. The molecule has 0 bridgehead atoms. The molecule has 50 heavy (non-hydrogen) atoms. The second-order valence-electron chi connectivity index (χ2n) is 19.8. The first-order chi connectivity index (χ1) is 23.1. The average molecular weight is 705 g/mol. The van der Waals surface area contributed by atoms with Gasteiger partial charge in [0.1, 0.15) is 24.4 Å². The summed E-state index contributed by atoms with van der Waals surface area (Å²) in [5.41, 5.74) is 1.56. The van der Waals surface area contributed by atoms with Crippen LogP contribution in [0.4, 0.5) is 4.79 Å². The molecule has 0 radical (unpaired) electrons. The van der Waals surface area contributed by atoms with Gasteiger partial charge in [-0.1, -0.05) is 53.2 Å². The number of aliphatic hydroxyl groups is 5. The fraction of sp³-hybridized carbons (Fsp3) is 0.925. The molecule has 6 rings (SSSR count). The summed E-state index contributed by atoms with van der Waals surface area (Å²) in [7, 11) is 1.58. The molecule has 0 unspecified atom stereocenters. The molecule has 4 saturated carbocycles. The van der Waals surface area contributed by atoms with E-state index in [0.717, 1.165) is 51.6 Å². The number of hydrogen-bond acceptors (Lipinski definition) is 8. The number of aliphatic hydroxyl groups excluding tert-OH is 5. The van der Waals surface area contributed by atoms with Crippen LogP contribution >= 0.6 is 0 Å². The SMILES string of the molecule is CN(C[C@H](O)[C@@H](O)[C@H](O)[C@H](O)CO)C(=O)N[C@]12CCC(C)(C)C[C@H]1C1=CC[C@@H]3[C@@]4(C)CC[C@@H]5OC(C)(C)OC[C@@]5(C)[C@@H]4CC[C@@]3(C)[C@]1(C)CC2. The lowest BCUT2D eigenvalue weighted by atomic mass is 9.34. The van der Waals surface area contributed by atoms with Gasteiger partial charge in [-0.2, -0.15) is 0 Å². The van der Waals surface area contributed by atoms with E-state index in [1.165, 1.54) is 29.7 Å². The third-order valence-electron chi connectivity index (χ3n) is 16.0. The highest BCUT2D eigenvalue weighted by Crippen LogP contribution is 2.75. The molecule has 0 spiro atoms. The molecule has 0 aromatic rings. The quantitative estimate of drug-likeness (QED) is 0.208. The Balaban J connectivity index is 1.26. The molecule has 2 amide bonds. The number of nitrogens with zero attached hydrogens (tertiary/aromatic N) is 1. The average Bonchev–Trinajstić information content (AvgIpc) is 3.04. The largest absolute Gasteiger partial charge is 0.394 e. The lowest BCUT2D eigenvalue weighted by Gasteiger charge is -2.72. The molecule has 6 aliphatic rings. The fourth-order valence-electron chi connectivity index (χ4n) is 12.7. The highest BCUT2D eigenvalue weighted by atomic mass is 16.7. The summed E-state index contributed by atoms with van der Waals surface area (Å²) in [5, 5.41) is 53.5. The smallest absolute Gasteiger partial charge is 0.317 e. The molecule has 0 aromatic heterocycles. The third-order valence-corrected chi connectivity index (χ3v) is 16.0. The van der Waals surface area contributed by atoms with Gasteiger partial charge in [0.25, 0.3) is 0 Å². The lowest BCUT2D eigenvalue weighted by molar-refractivity contribution is -0.351. The Morgan fingerprint density at radius 2 is 1.54 bits per heavy atom. The summed E-state index contributed by atoms with van der Waals surface area (Å²) in [5.74, 6) is 0.748. The van der Waals surface area contributed by atoms with Crippen molar-refractivity contribution in [2.24, 2.45) is 44.8 Å². The maximum atomic E-state index is 13.9. The van der Waals surface area contributed by atoms with Gasteiger partial charge in [-0.3, -0.25) is 0 Å². The van der Waals surface area contributed by atoms with Crippen molar-refractivity contribution in [2.75, 3.05) is 26.8 Å². The van der Waals surface area contributed by atoms with E-state index in [-0.39, 0.29) is 51.7 Å². The fourth-order valence-corrected chi connectivity index (χ4v) is 12.7. The van der Waals surface area contributed by atoms with Crippen LogP contribution in [0.15, 0.2) is 11.6 Å². The van der Waals surface area contributed by atoms with Crippen molar-refractivity contribution in [2.45, 2.75) is 161 Å². The van der Waals surface area contributed by atoms with Crippen LogP contribution in [0, 0.1) is 44.8 Å². The van der Waals surface area contributed by atoms with Crippen molar-refractivity contribution >= 4 is 6.03 Å². The summed E-state index contributed by atoms with van der Waals surface area (Å²) < 4.78 is 13.0. The van der Waals surface area contributed by atoms with E-state index in [2.05, 4.69) is 66.8 Å². The number of allylic oxidation sites excluding steroid dienone is 1. The number of fused-ring (bicyclic) bond motifs is 9. The van der Waals surface area contributed by atoms with Crippen molar-refractivity contribution in [1.82, 2.24) is 10.2 Å². The van der Waals surface area contributed by atoms with Gasteiger partial charge in [-0.15, -0.1) is 0 Å². The minimum atomic E-state index is -1.74. The van der Waals surface area contributed by atoms with Crippen LogP contribution < -0.4 is 5.32 Å². The molecule has 10 heteroatoms. The minimum Gasteiger partial charge on any atom is -0.394 e. The molecule has 5 fully saturated rings. The Morgan fingerprint density at radius 3 is 2.22 bits per heavy atom. The van der Waals surface area contributed by atoms with Gasteiger partial charge in [-0.25, -0.2) is 4.79 Å². The third kappa shape index (κ3) is 5.90. The van der Waals surface area contributed by atoms with Crippen LogP contribution in [0.25, 0.3) is 0 Å². The van der Waals surface area contributed by atoms with Crippen molar-refractivity contribution < 1.29 is 39.8 Å². The first kappa shape index (κ1) is 38.5. The topological polar surface area (TPSA) is 152 Å². The van der Waals surface area contributed by atoms with E-state index >= 15 is 0 Å². The molecule has 0 aromatic carbocycles. The van der Waals surface area contributed by atoms with Crippen molar-refractivity contribution in [3.05, 3.63) is 11.6 Å². The van der Waals surface area contributed by atoms with Gasteiger partial charge in [0.15, 0.2) is 5.79 Å². The standard InChI is InChI=1S/C40H68N2O8/c1-34(2)16-18-40(41-33(48)42(9)21-26(44)31(46)32(47)27(45)22-43)19-17-38(7)24(25(40)20-34)10-11-29-36(5)14-13-30-37(6,23-49-35(3,4)50-30)28(36)12-15-39(29,38)8/h10,25-32,43-47H,11-23H2,1-9H3,(H,41,48)/t25-,26-,27+,28+,29+,30-,31+,32+,36-,37-,38+,39+,40-/m0/s1. The summed E-state index contributed by atoms with van der Waals surface area (Å²) in [6, 6.07) is -0.319. The van der Waals surface area contributed by atoms with Gasteiger partial charge in [-0.05, 0) is 112 Å². The van der Waals surface area contributed by atoms with E-state index in [9.17, 15) is 25.2 Å². The monoisotopic (exact) mass is 704 g/mol. The zero-order chi connectivity index (χ0) is 36.9. The van der Waals surface area contributed by atoms with Crippen LogP contribution in [0.5, 0.6) is 0 Å². The van der Waals surface area contributed by atoms with E-state index in [1.807, 2.05) is 0 Å². The second-order valence-corrected chi connectivity index (χ2v) is 19.8. The van der Waals surface area contributed by atoms with Crippen LogP contribution in [-0.4, -0.2) is 105 Å². The van der Waals surface area contributed by atoms with Gasteiger partial charge >= 0.3 is 6.03 Å². The number of carbonyl (C=O) groups is 1. The van der Waals surface area contributed by atoms with Gasteiger partial charge in [0, 0.05) is 23.9 Å². The molecule has 1 heterocycles. The maximum Gasteiger partial charge on any atom is 0.317 e. The molecule has 286 valence electrons. The van der Waals surface area contributed by atoms with Crippen molar-refractivity contribution in [1.29, 1.82) is 0 Å². The highest BCUT2D eigenvalue weighted by Gasteiger charge is 2.70. The van der Waals surface area contributed by atoms with E-state index in [1.54, 1.807) is 7.05 Å². The Morgan fingerprint density at radius 1 is 0.880 bits per heavy atom. The van der Waals surface area contributed by atoms with Crippen molar-refractivity contribution in [3.63, 3.8) is 0 Å². The Labute approximate surface area is 300 Å². The predicted molar refractivity (Wildman–Crippen MR) is 191 cm³/mol. The first-order valence-electron chi connectivity index (χ1n) is 19.5. The minimum absolute atomic E-state index is 0.000508. The molecule has 6 N–H and O–H groups in total. The summed E-state index contributed by atoms with van der Waals surface area (Å²) >= 11 is 0. The number of carbonyl (C=O) groups excluding carboxylic acids is 1. The van der Waals surface area contributed by atoms with Gasteiger partial charge < -0.3 is 45.2 Å². The van der Waals surface area contributed by atoms with Crippen molar-refractivity contribution in [3.8, 4) is 0 Å². The Bertz CT molecular complexity index is 1340. The molecule has 10 nitrogen and oxygen atoms in total. The van der Waals surface area contributed by atoms with Crippen LogP contribution in [0.2, 0.25) is 0 Å². The normalized spacial score (nSPS) is 45.5. The molecule has 13 atom stereocenters. The number of rotatable bonds is 7. The van der Waals surface area contributed by atoms with Gasteiger partial charge in [0.2, 0.25) is 0 Å². The number of amides is 2. The molecular weight excluding hydrogens is 636 g/mol. The first-order valence-corrected chi connectivity index (χ1v) is 19.5. The number of likely N-dealkylation sites (N-methyl/N-ethyl adjacent to an activating group) is 1. The van der Waals surface area contributed by atoms with Gasteiger partial charge in [0.05, 0.1) is 25.9 Å². The van der Waals surface area contributed by atoms with Crippen LogP contribution in [-0.2, 0) is 9.47 Å². The molecular formula is C40H68N2O8. The van der Waals surface area contributed by atoms with E-state index in [4.69, 9.17) is 14.6 Å². The zero-order valence-electron chi connectivity index (χ0n) is 32.3. The van der Waals surface area contributed by atoms with Crippen LogP contribution in [0.1, 0.15) is 120 Å². The number of urea groups is 1. The lowest BCUT2D eigenvalue weighted by Crippen LogP contribution is -2.69. The van der Waals surface area contributed by atoms with Crippen LogP contribution in [0.3, 0.4) is 0 Å². The number of hydrogen-bond donors (Lipinski definition) is 6. The number of nitrogens with one attached hydrogen (secondary N) is 1. The molecule has 1 aliphatic heterocycles. The van der Waals surface area contributed by atoms with E-state index < -0.39 is 42.3 Å². The Kier molecular flexibility index (Phi) is 9.74. The molecule has 1 saturated heterocycles. The zero-order valence-corrected chi connectivity index (χ0v) is 32.3. The Hall–Kier alpha value is -1.27. The number of ether oxygens (including phenoxy) is 2. The maximum absolute atomic E-state index is 13.9. The second kappa shape index (κ2) is 12.7. The van der Waals surface area contributed by atoms with E-state index in [0.29, 0.717) is 11.8 Å². The summed E-state index contributed by atoms with van der Waals surface area (Å²) in [6.45, 7) is 18.7. The predicted octanol–water partition coefficient (Wildman–Crippen LogP) is 4.75. The highest BCUT2D eigenvalue weighted by molar-refractivity contribution is 5.75.